The lowest BCUT2D eigenvalue weighted by molar-refractivity contribution is -0.121. The first kappa shape index (κ1) is 17.0. The van der Waals surface area contributed by atoms with Crippen LogP contribution in [0.2, 0.25) is 0 Å². The average Bonchev–Trinajstić information content (AvgIpc) is 2.55. The number of aryl methyl sites for hydroxylation is 2. The van der Waals surface area contributed by atoms with Gasteiger partial charge in [0.05, 0.1) is 7.11 Å². The van der Waals surface area contributed by atoms with E-state index in [1.165, 1.54) is 12.1 Å². The predicted octanol–water partition coefficient (Wildman–Crippen LogP) is 3.43. The van der Waals surface area contributed by atoms with E-state index in [0.717, 1.165) is 22.4 Å². The van der Waals surface area contributed by atoms with Gasteiger partial charge in [0.15, 0.2) is 0 Å². The number of benzene rings is 2. The van der Waals surface area contributed by atoms with Crippen LogP contribution in [0.4, 0.5) is 4.39 Å². The van der Waals surface area contributed by atoms with Gasteiger partial charge in [0.2, 0.25) is 5.91 Å². The highest BCUT2D eigenvalue weighted by atomic mass is 19.1. The summed E-state index contributed by atoms with van der Waals surface area (Å²) in [6.07, 6.45) is 1.86. The molecule has 2 rings (SSSR count). The zero-order valence-corrected chi connectivity index (χ0v) is 13.6. The number of carbonyl (C=O) groups is 1. The molecule has 1 N–H and O–H groups in total. The van der Waals surface area contributed by atoms with E-state index in [9.17, 15) is 9.18 Å². The molecule has 0 spiro atoms. The fraction of sp³-hybridized carbons (Fsp3) is 0.316. The van der Waals surface area contributed by atoms with Crippen molar-refractivity contribution in [1.29, 1.82) is 0 Å². The van der Waals surface area contributed by atoms with Crippen LogP contribution in [-0.2, 0) is 17.6 Å². The molecule has 0 aromatic heterocycles. The largest absolute Gasteiger partial charge is 0.496 e. The summed E-state index contributed by atoms with van der Waals surface area (Å²) in [6.45, 7) is 2.55. The zero-order valence-electron chi connectivity index (χ0n) is 13.6. The number of halogens is 1. The Kier molecular flexibility index (Phi) is 6.15. The van der Waals surface area contributed by atoms with Crippen LogP contribution in [0.1, 0.15) is 23.1 Å². The molecule has 0 saturated heterocycles. The van der Waals surface area contributed by atoms with Gasteiger partial charge in [-0.15, -0.1) is 0 Å². The molecule has 4 heteroatoms. The van der Waals surface area contributed by atoms with E-state index in [1.54, 1.807) is 19.2 Å². The molecule has 122 valence electrons. The van der Waals surface area contributed by atoms with Gasteiger partial charge in [-0.05, 0) is 54.7 Å². The number of methoxy groups -OCH3 is 1. The lowest BCUT2D eigenvalue weighted by Crippen LogP contribution is -2.25. The highest BCUT2D eigenvalue weighted by molar-refractivity contribution is 5.76. The fourth-order valence-corrected chi connectivity index (χ4v) is 2.44. The molecule has 23 heavy (non-hydrogen) atoms. The standard InChI is InChI=1S/C19H22FNO2/c1-14-13-16(5-9-18(14)23-2)6-10-19(22)21-12-11-15-3-7-17(20)8-4-15/h3-5,7-9,13H,6,10-12H2,1-2H3,(H,21,22). The number of hydrogen-bond donors (Lipinski definition) is 1. The lowest BCUT2D eigenvalue weighted by atomic mass is 10.1. The normalized spacial score (nSPS) is 10.4. The van der Waals surface area contributed by atoms with Gasteiger partial charge < -0.3 is 10.1 Å². The third-order valence-electron chi connectivity index (χ3n) is 3.75. The highest BCUT2D eigenvalue weighted by Gasteiger charge is 2.04. The summed E-state index contributed by atoms with van der Waals surface area (Å²) in [4.78, 5) is 11.9. The van der Waals surface area contributed by atoms with Crippen molar-refractivity contribution in [3.05, 3.63) is 65.0 Å². The number of nitrogens with one attached hydrogen (secondary N) is 1. The number of hydrogen-bond acceptors (Lipinski definition) is 2. The number of rotatable bonds is 7. The second kappa shape index (κ2) is 8.32. The molecule has 0 aliphatic rings. The predicted molar refractivity (Wildman–Crippen MR) is 89.2 cm³/mol. The Labute approximate surface area is 136 Å². The smallest absolute Gasteiger partial charge is 0.220 e. The molecule has 0 aliphatic heterocycles. The molecular weight excluding hydrogens is 293 g/mol. The lowest BCUT2D eigenvalue weighted by Gasteiger charge is -2.08. The molecule has 3 nitrogen and oxygen atoms in total. The van der Waals surface area contributed by atoms with Crippen LogP contribution < -0.4 is 10.1 Å². The Morgan fingerprint density at radius 2 is 1.78 bits per heavy atom. The van der Waals surface area contributed by atoms with Gasteiger partial charge in [-0.3, -0.25) is 4.79 Å². The van der Waals surface area contributed by atoms with Crippen molar-refractivity contribution >= 4 is 5.91 Å². The number of amides is 1. The van der Waals surface area contributed by atoms with Crippen LogP contribution in [0.5, 0.6) is 5.75 Å². The molecular formula is C19H22FNO2. The van der Waals surface area contributed by atoms with Crippen molar-refractivity contribution < 1.29 is 13.9 Å². The van der Waals surface area contributed by atoms with Gasteiger partial charge in [-0.2, -0.15) is 0 Å². The Morgan fingerprint density at radius 1 is 1.09 bits per heavy atom. The van der Waals surface area contributed by atoms with Crippen molar-refractivity contribution in [1.82, 2.24) is 5.32 Å². The van der Waals surface area contributed by atoms with Crippen molar-refractivity contribution in [2.75, 3.05) is 13.7 Å². The van der Waals surface area contributed by atoms with E-state index >= 15 is 0 Å². The van der Waals surface area contributed by atoms with Gasteiger partial charge >= 0.3 is 0 Å². The van der Waals surface area contributed by atoms with Crippen molar-refractivity contribution in [3.63, 3.8) is 0 Å². The molecule has 0 atom stereocenters. The summed E-state index contributed by atoms with van der Waals surface area (Å²) in [5.41, 5.74) is 3.20. The van der Waals surface area contributed by atoms with Crippen LogP contribution in [0.3, 0.4) is 0 Å². The molecule has 0 bridgehead atoms. The van der Waals surface area contributed by atoms with Crippen LogP contribution in [0, 0.1) is 12.7 Å². The Hall–Kier alpha value is -2.36. The summed E-state index contributed by atoms with van der Waals surface area (Å²) < 4.78 is 18.0. The summed E-state index contributed by atoms with van der Waals surface area (Å²) >= 11 is 0. The van der Waals surface area contributed by atoms with E-state index in [2.05, 4.69) is 5.32 Å². The third-order valence-corrected chi connectivity index (χ3v) is 3.75. The summed E-state index contributed by atoms with van der Waals surface area (Å²) in [5, 5.41) is 2.90. The minimum Gasteiger partial charge on any atom is -0.496 e. The molecule has 0 fully saturated rings. The first-order valence-corrected chi connectivity index (χ1v) is 7.73. The van der Waals surface area contributed by atoms with Crippen molar-refractivity contribution in [2.45, 2.75) is 26.2 Å². The van der Waals surface area contributed by atoms with Gasteiger partial charge in [-0.1, -0.05) is 24.3 Å². The molecule has 1 amide bonds. The first-order chi connectivity index (χ1) is 11.1. The zero-order chi connectivity index (χ0) is 16.7. The Balaban J connectivity index is 1.72. The molecule has 0 radical (unpaired) electrons. The monoisotopic (exact) mass is 315 g/mol. The van der Waals surface area contributed by atoms with Gasteiger partial charge in [0.1, 0.15) is 11.6 Å². The molecule has 0 aliphatic carbocycles. The third kappa shape index (κ3) is 5.40. The molecule has 0 saturated carbocycles. The maximum atomic E-state index is 12.8. The van der Waals surface area contributed by atoms with Crippen LogP contribution in [-0.4, -0.2) is 19.6 Å². The van der Waals surface area contributed by atoms with E-state index in [-0.39, 0.29) is 11.7 Å². The minimum absolute atomic E-state index is 0.0283. The van der Waals surface area contributed by atoms with E-state index in [0.29, 0.717) is 25.8 Å². The number of carbonyl (C=O) groups excluding carboxylic acids is 1. The van der Waals surface area contributed by atoms with E-state index < -0.39 is 0 Å². The Morgan fingerprint density at radius 3 is 2.43 bits per heavy atom. The maximum Gasteiger partial charge on any atom is 0.220 e. The summed E-state index contributed by atoms with van der Waals surface area (Å²) in [6, 6.07) is 12.3. The average molecular weight is 315 g/mol. The summed E-state index contributed by atoms with van der Waals surface area (Å²) in [7, 11) is 1.65. The quantitative estimate of drug-likeness (QED) is 0.850. The van der Waals surface area contributed by atoms with E-state index in [1.807, 2.05) is 25.1 Å². The first-order valence-electron chi connectivity index (χ1n) is 7.73. The minimum atomic E-state index is -0.243. The van der Waals surface area contributed by atoms with Gasteiger partial charge in [0.25, 0.3) is 0 Å². The van der Waals surface area contributed by atoms with Crippen LogP contribution >= 0.6 is 0 Å². The second-order valence-corrected chi connectivity index (χ2v) is 5.53. The summed E-state index contributed by atoms with van der Waals surface area (Å²) in [5.74, 6) is 0.644. The topological polar surface area (TPSA) is 38.3 Å². The Bertz CT molecular complexity index is 653. The van der Waals surface area contributed by atoms with E-state index in [4.69, 9.17) is 4.74 Å². The van der Waals surface area contributed by atoms with Crippen LogP contribution in [0.15, 0.2) is 42.5 Å². The van der Waals surface area contributed by atoms with Crippen molar-refractivity contribution in [2.24, 2.45) is 0 Å². The SMILES string of the molecule is COc1ccc(CCC(=O)NCCc2ccc(F)cc2)cc1C. The van der Waals surface area contributed by atoms with Crippen LogP contribution in [0.25, 0.3) is 0 Å². The van der Waals surface area contributed by atoms with Gasteiger partial charge in [0, 0.05) is 13.0 Å². The highest BCUT2D eigenvalue weighted by Crippen LogP contribution is 2.19. The molecule has 2 aromatic carbocycles. The van der Waals surface area contributed by atoms with Crippen molar-refractivity contribution in [3.8, 4) is 5.75 Å². The molecule has 0 heterocycles. The maximum absolute atomic E-state index is 12.8. The molecule has 2 aromatic rings. The number of ether oxygens (including phenoxy) is 1. The molecule has 0 unspecified atom stereocenters. The van der Waals surface area contributed by atoms with Gasteiger partial charge in [-0.25, -0.2) is 4.39 Å². The second-order valence-electron chi connectivity index (χ2n) is 5.53. The fourth-order valence-electron chi connectivity index (χ4n) is 2.44.